The number of hydrogen-bond acceptors (Lipinski definition) is 6. The number of esters is 2. The molecular formula is C33H56O6. The van der Waals surface area contributed by atoms with Crippen molar-refractivity contribution in [2.75, 3.05) is 26.4 Å². The second-order valence-electron chi connectivity index (χ2n) is 10.4. The number of rotatable bonds is 26. The van der Waals surface area contributed by atoms with Gasteiger partial charge < -0.3 is 18.9 Å². The molecule has 0 aliphatic heterocycles. The first kappa shape index (κ1) is 34.8. The topological polar surface area (TPSA) is 71.1 Å². The maximum absolute atomic E-state index is 11.3. The molecular weight excluding hydrogens is 492 g/mol. The molecule has 0 bridgehead atoms. The molecule has 0 amide bonds. The number of benzene rings is 1. The maximum atomic E-state index is 11.3. The standard InChI is InChI=1S/C33H56O6/c1-4-36-32(34)22-18-14-10-6-8-12-16-20-26-38-30-25-24-29(3)28-31(30)39-27-21-17-13-9-7-11-15-19-23-33(35)37-5-2/h24-25,28H,4-23,26-27H2,1-3H3. The van der Waals surface area contributed by atoms with Gasteiger partial charge in [-0.1, -0.05) is 83.1 Å². The van der Waals surface area contributed by atoms with Crippen LogP contribution in [0.15, 0.2) is 18.2 Å². The van der Waals surface area contributed by atoms with Crippen LogP contribution >= 0.6 is 0 Å². The number of ether oxygens (including phenoxy) is 4. The zero-order chi connectivity index (χ0) is 28.4. The van der Waals surface area contributed by atoms with Crippen LogP contribution in [0.1, 0.15) is 135 Å². The molecule has 0 spiro atoms. The summed E-state index contributed by atoms with van der Waals surface area (Å²) in [4.78, 5) is 22.7. The van der Waals surface area contributed by atoms with Gasteiger partial charge in [0.05, 0.1) is 26.4 Å². The van der Waals surface area contributed by atoms with Gasteiger partial charge in [0.25, 0.3) is 0 Å². The third kappa shape index (κ3) is 20.3. The highest BCUT2D eigenvalue weighted by molar-refractivity contribution is 5.69. The molecule has 0 radical (unpaired) electrons. The molecule has 0 atom stereocenters. The lowest BCUT2D eigenvalue weighted by Crippen LogP contribution is -2.03. The molecule has 1 rings (SSSR count). The Bertz CT molecular complexity index is 748. The van der Waals surface area contributed by atoms with Gasteiger partial charge in [0, 0.05) is 12.8 Å². The third-order valence-electron chi connectivity index (χ3n) is 6.78. The summed E-state index contributed by atoms with van der Waals surface area (Å²) in [5.41, 5.74) is 1.18. The quantitative estimate of drug-likeness (QED) is 0.0850. The minimum Gasteiger partial charge on any atom is -0.490 e. The SMILES string of the molecule is CCOC(=O)CCCCCCCCCCOc1ccc(C)cc1OCCCCCCCCCCC(=O)OCC. The molecule has 0 aromatic heterocycles. The van der Waals surface area contributed by atoms with Crippen molar-refractivity contribution in [1.29, 1.82) is 0 Å². The number of unbranched alkanes of at least 4 members (excludes halogenated alkanes) is 14. The lowest BCUT2D eigenvalue weighted by atomic mass is 10.1. The Kier molecular flexibility index (Phi) is 22.1. The summed E-state index contributed by atoms with van der Waals surface area (Å²) in [6.07, 6.45) is 19.5. The van der Waals surface area contributed by atoms with Crippen LogP contribution in [-0.2, 0) is 19.1 Å². The number of hydrogen-bond donors (Lipinski definition) is 0. The van der Waals surface area contributed by atoms with Crippen LogP contribution in [0.25, 0.3) is 0 Å². The Hall–Kier alpha value is -2.24. The minimum atomic E-state index is -0.0668. The van der Waals surface area contributed by atoms with Gasteiger partial charge in [-0.2, -0.15) is 0 Å². The van der Waals surface area contributed by atoms with E-state index < -0.39 is 0 Å². The van der Waals surface area contributed by atoms with E-state index in [0.717, 1.165) is 63.2 Å². The summed E-state index contributed by atoms with van der Waals surface area (Å²) in [7, 11) is 0. The molecule has 6 nitrogen and oxygen atoms in total. The van der Waals surface area contributed by atoms with E-state index >= 15 is 0 Å². The second kappa shape index (κ2) is 24.8. The smallest absolute Gasteiger partial charge is 0.305 e. The zero-order valence-electron chi connectivity index (χ0n) is 25.2. The van der Waals surface area contributed by atoms with E-state index in [9.17, 15) is 9.59 Å². The van der Waals surface area contributed by atoms with Crippen molar-refractivity contribution in [3.63, 3.8) is 0 Å². The predicted molar refractivity (Wildman–Crippen MR) is 159 cm³/mol. The zero-order valence-corrected chi connectivity index (χ0v) is 25.2. The fraction of sp³-hybridized carbons (Fsp3) is 0.758. The summed E-state index contributed by atoms with van der Waals surface area (Å²) < 4.78 is 22.1. The lowest BCUT2D eigenvalue weighted by Gasteiger charge is -2.13. The molecule has 6 heteroatoms. The summed E-state index contributed by atoms with van der Waals surface area (Å²) in [6, 6.07) is 6.19. The van der Waals surface area contributed by atoms with Gasteiger partial charge in [-0.05, 0) is 64.2 Å². The van der Waals surface area contributed by atoms with Crippen molar-refractivity contribution in [3.05, 3.63) is 23.8 Å². The molecule has 1 aromatic carbocycles. The first-order chi connectivity index (χ1) is 19.1. The average Bonchev–Trinajstić information content (AvgIpc) is 2.91. The first-order valence-corrected chi connectivity index (χ1v) is 15.7. The fourth-order valence-electron chi connectivity index (χ4n) is 4.54. The van der Waals surface area contributed by atoms with Crippen LogP contribution in [0.4, 0.5) is 0 Å². The Morgan fingerprint density at radius 3 is 1.36 bits per heavy atom. The van der Waals surface area contributed by atoms with E-state index in [-0.39, 0.29) is 11.9 Å². The predicted octanol–water partition coefficient (Wildman–Crippen LogP) is 8.90. The van der Waals surface area contributed by atoms with Crippen molar-refractivity contribution < 1.29 is 28.5 Å². The van der Waals surface area contributed by atoms with E-state index in [1.54, 1.807) is 0 Å². The molecule has 1 aromatic rings. The van der Waals surface area contributed by atoms with Crippen LogP contribution < -0.4 is 9.47 Å². The monoisotopic (exact) mass is 548 g/mol. The molecule has 39 heavy (non-hydrogen) atoms. The van der Waals surface area contributed by atoms with E-state index in [1.807, 2.05) is 19.9 Å². The average molecular weight is 549 g/mol. The molecule has 224 valence electrons. The highest BCUT2D eigenvalue weighted by Crippen LogP contribution is 2.29. The van der Waals surface area contributed by atoms with Gasteiger partial charge in [0.15, 0.2) is 11.5 Å². The highest BCUT2D eigenvalue weighted by Gasteiger charge is 2.06. The van der Waals surface area contributed by atoms with Crippen LogP contribution in [0.3, 0.4) is 0 Å². The molecule has 0 aliphatic carbocycles. The Morgan fingerprint density at radius 1 is 0.538 bits per heavy atom. The number of aryl methyl sites for hydroxylation is 1. The molecule has 0 saturated carbocycles. The molecule has 0 heterocycles. The van der Waals surface area contributed by atoms with Crippen molar-refractivity contribution in [3.8, 4) is 11.5 Å². The van der Waals surface area contributed by atoms with Gasteiger partial charge >= 0.3 is 11.9 Å². The van der Waals surface area contributed by atoms with Crippen molar-refractivity contribution in [2.45, 2.75) is 136 Å². The summed E-state index contributed by atoms with van der Waals surface area (Å²) in [5, 5.41) is 0. The summed E-state index contributed by atoms with van der Waals surface area (Å²) >= 11 is 0. The van der Waals surface area contributed by atoms with Crippen LogP contribution in [0.5, 0.6) is 11.5 Å². The molecule has 0 aliphatic rings. The minimum absolute atomic E-state index is 0.0668. The van der Waals surface area contributed by atoms with Gasteiger partial charge in [-0.15, -0.1) is 0 Å². The van der Waals surface area contributed by atoms with E-state index in [0.29, 0.717) is 26.1 Å². The maximum Gasteiger partial charge on any atom is 0.305 e. The van der Waals surface area contributed by atoms with Gasteiger partial charge in [-0.3, -0.25) is 9.59 Å². The van der Waals surface area contributed by atoms with E-state index in [4.69, 9.17) is 18.9 Å². The molecule has 0 unspecified atom stereocenters. The van der Waals surface area contributed by atoms with E-state index in [2.05, 4.69) is 19.1 Å². The van der Waals surface area contributed by atoms with Gasteiger partial charge in [0.2, 0.25) is 0 Å². The highest BCUT2D eigenvalue weighted by atomic mass is 16.5. The van der Waals surface area contributed by atoms with Crippen molar-refractivity contribution in [2.24, 2.45) is 0 Å². The van der Waals surface area contributed by atoms with Crippen molar-refractivity contribution >= 4 is 11.9 Å². The Balaban J connectivity index is 2.04. The number of carbonyl (C=O) groups excluding carboxylic acids is 2. The summed E-state index contributed by atoms with van der Waals surface area (Å²) in [6.45, 7) is 8.18. The first-order valence-electron chi connectivity index (χ1n) is 15.7. The van der Waals surface area contributed by atoms with E-state index in [1.165, 1.54) is 69.8 Å². The number of carbonyl (C=O) groups is 2. The Morgan fingerprint density at radius 2 is 0.923 bits per heavy atom. The fourth-order valence-corrected chi connectivity index (χ4v) is 4.54. The van der Waals surface area contributed by atoms with Gasteiger partial charge in [-0.25, -0.2) is 0 Å². The summed E-state index contributed by atoms with van der Waals surface area (Å²) in [5.74, 6) is 1.58. The lowest BCUT2D eigenvalue weighted by molar-refractivity contribution is -0.144. The van der Waals surface area contributed by atoms with Crippen LogP contribution in [-0.4, -0.2) is 38.4 Å². The van der Waals surface area contributed by atoms with Crippen molar-refractivity contribution in [1.82, 2.24) is 0 Å². The molecule has 0 fully saturated rings. The molecule has 0 N–H and O–H groups in total. The second-order valence-corrected chi connectivity index (χ2v) is 10.4. The molecule has 0 saturated heterocycles. The Labute approximate surface area is 238 Å². The van der Waals surface area contributed by atoms with Crippen LogP contribution in [0, 0.1) is 6.92 Å². The normalized spacial score (nSPS) is 10.8. The van der Waals surface area contributed by atoms with Gasteiger partial charge in [0.1, 0.15) is 0 Å². The largest absolute Gasteiger partial charge is 0.490 e. The third-order valence-corrected chi connectivity index (χ3v) is 6.78. The van der Waals surface area contributed by atoms with Crippen LogP contribution in [0.2, 0.25) is 0 Å².